The number of ether oxygens (including phenoxy) is 1. The Balaban J connectivity index is 2.97. The van der Waals surface area contributed by atoms with E-state index >= 15 is 0 Å². The van der Waals surface area contributed by atoms with Gasteiger partial charge in [-0.15, -0.1) is 0 Å². The van der Waals surface area contributed by atoms with Gasteiger partial charge in [-0.25, -0.2) is 0 Å². The Bertz CT molecular complexity index is 361. The lowest BCUT2D eigenvalue weighted by atomic mass is 9.91. The average Bonchev–Trinajstić information content (AvgIpc) is 2.32. The number of halogens is 2. The van der Waals surface area contributed by atoms with E-state index < -0.39 is 6.61 Å². The molecule has 1 aromatic rings. The van der Waals surface area contributed by atoms with Gasteiger partial charge < -0.3 is 4.74 Å². The standard InChI is InChI=1S/C13H20F2N2O/c1-3-6-9(2)12(17-16)10-7-4-5-8-11(10)18-13(14)15/h4-5,7-9,12-13,17H,3,6,16H2,1-2H3. The molecule has 18 heavy (non-hydrogen) atoms. The summed E-state index contributed by atoms with van der Waals surface area (Å²) in [6.07, 6.45) is 1.97. The Morgan fingerprint density at radius 3 is 2.56 bits per heavy atom. The zero-order chi connectivity index (χ0) is 13.5. The molecule has 1 rings (SSSR count). The largest absolute Gasteiger partial charge is 0.434 e. The molecule has 0 bridgehead atoms. The highest BCUT2D eigenvalue weighted by atomic mass is 19.3. The van der Waals surface area contributed by atoms with Gasteiger partial charge in [0.05, 0.1) is 6.04 Å². The van der Waals surface area contributed by atoms with Gasteiger partial charge in [-0.1, -0.05) is 38.5 Å². The number of nitrogens with two attached hydrogens (primary N) is 1. The van der Waals surface area contributed by atoms with Crippen LogP contribution in [0, 0.1) is 5.92 Å². The number of nitrogens with one attached hydrogen (secondary N) is 1. The molecule has 0 aromatic heterocycles. The fourth-order valence-electron chi connectivity index (χ4n) is 2.12. The van der Waals surface area contributed by atoms with E-state index in [9.17, 15) is 8.78 Å². The second-order valence-electron chi connectivity index (χ2n) is 4.33. The van der Waals surface area contributed by atoms with Gasteiger partial charge in [0.15, 0.2) is 0 Å². The molecule has 0 saturated carbocycles. The van der Waals surface area contributed by atoms with Crippen LogP contribution in [0.1, 0.15) is 38.3 Å². The first-order chi connectivity index (χ1) is 8.60. The SMILES string of the molecule is CCCC(C)C(NN)c1ccccc1OC(F)F. The van der Waals surface area contributed by atoms with Crippen LogP contribution in [0.3, 0.4) is 0 Å². The van der Waals surface area contributed by atoms with Crippen LogP contribution in [0.5, 0.6) is 5.75 Å². The van der Waals surface area contributed by atoms with Crippen LogP contribution >= 0.6 is 0 Å². The van der Waals surface area contributed by atoms with E-state index in [0.29, 0.717) is 5.56 Å². The zero-order valence-electron chi connectivity index (χ0n) is 10.7. The molecule has 0 spiro atoms. The molecule has 0 aliphatic carbocycles. The quantitative estimate of drug-likeness (QED) is 0.583. The molecule has 2 unspecified atom stereocenters. The van der Waals surface area contributed by atoms with E-state index in [4.69, 9.17) is 5.84 Å². The molecule has 3 N–H and O–H groups in total. The van der Waals surface area contributed by atoms with Crippen molar-refractivity contribution in [3.05, 3.63) is 29.8 Å². The Kier molecular flexibility index (Phi) is 6.01. The Labute approximate surface area is 106 Å². The van der Waals surface area contributed by atoms with Gasteiger partial charge in [0, 0.05) is 5.56 Å². The highest BCUT2D eigenvalue weighted by Crippen LogP contribution is 2.32. The Hall–Kier alpha value is -1.20. The summed E-state index contributed by atoms with van der Waals surface area (Å²) in [4.78, 5) is 0. The number of hydrogen-bond acceptors (Lipinski definition) is 3. The number of benzene rings is 1. The average molecular weight is 258 g/mol. The lowest BCUT2D eigenvalue weighted by Crippen LogP contribution is -2.33. The molecule has 102 valence electrons. The van der Waals surface area contributed by atoms with Crippen molar-refractivity contribution in [3.8, 4) is 5.75 Å². The molecular weight excluding hydrogens is 238 g/mol. The van der Waals surface area contributed by atoms with Crippen LogP contribution in [0.15, 0.2) is 24.3 Å². The molecule has 0 heterocycles. The first-order valence-electron chi connectivity index (χ1n) is 6.10. The van der Waals surface area contributed by atoms with Gasteiger partial charge in [-0.05, 0) is 18.4 Å². The number of rotatable bonds is 7. The van der Waals surface area contributed by atoms with Crippen LogP contribution < -0.4 is 16.0 Å². The highest BCUT2D eigenvalue weighted by Gasteiger charge is 2.21. The highest BCUT2D eigenvalue weighted by molar-refractivity contribution is 5.36. The van der Waals surface area contributed by atoms with E-state index in [0.717, 1.165) is 12.8 Å². The van der Waals surface area contributed by atoms with Crippen LogP contribution in [-0.4, -0.2) is 6.61 Å². The fourth-order valence-corrected chi connectivity index (χ4v) is 2.12. The Morgan fingerprint density at radius 2 is 2.00 bits per heavy atom. The maximum absolute atomic E-state index is 12.3. The second-order valence-corrected chi connectivity index (χ2v) is 4.33. The lowest BCUT2D eigenvalue weighted by Gasteiger charge is -2.25. The third kappa shape index (κ3) is 3.92. The zero-order valence-corrected chi connectivity index (χ0v) is 10.7. The van der Waals surface area contributed by atoms with Crippen molar-refractivity contribution in [2.24, 2.45) is 11.8 Å². The molecule has 5 heteroatoms. The molecule has 1 aromatic carbocycles. The summed E-state index contributed by atoms with van der Waals surface area (Å²) in [7, 11) is 0. The van der Waals surface area contributed by atoms with Crippen LogP contribution in [0.2, 0.25) is 0 Å². The summed E-state index contributed by atoms with van der Waals surface area (Å²) in [5, 5.41) is 0. The van der Waals surface area contributed by atoms with Crippen molar-refractivity contribution < 1.29 is 13.5 Å². The summed E-state index contributed by atoms with van der Waals surface area (Å²) in [5.41, 5.74) is 3.36. The van der Waals surface area contributed by atoms with Crippen molar-refractivity contribution in [2.75, 3.05) is 0 Å². The van der Waals surface area contributed by atoms with Crippen molar-refractivity contribution in [1.82, 2.24) is 5.43 Å². The van der Waals surface area contributed by atoms with Gasteiger partial charge >= 0.3 is 6.61 Å². The topological polar surface area (TPSA) is 47.3 Å². The van der Waals surface area contributed by atoms with Gasteiger partial charge in [0.25, 0.3) is 0 Å². The molecule has 0 amide bonds. The van der Waals surface area contributed by atoms with Crippen LogP contribution in [0.25, 0.3) is 0 Å². The maximum Gasteiger partial charge on any atom is 0.387 e. The maximum atomic E-state index is 12.3. The molecule has 0 fully saturated rings. The first kappa shape index (κ1) is 14.9. The van der Waals surface area contributed by atoms with Crippen molar-refractivity contribution in [2.45, 2.75) is 39.3 Å². The predicted octanol–water partition coefficient (Wildman–Crippen LogP) is 3.23. The number of hydrazine groups is 1. The van der Waals surface area contributed by atoms with E-state index in [-0.39, 0.29) is 17.7 Å². The summed E-state index contributed by atoms with van der Waals surface area (Å²) >= 11 is 0. The monoisotopic (exact) mass is 258 g/mol. The van der Waals surface area contributed by atoms with Crippen molar-refractivity contribution in [3.63, 3.8) is 0 Å². The summed E-state index contributed by atoms with van der Waals surface area (Å²) in [5.74, 6) is 5.96. The molecule has 2 atom stereocenters. The summed E-state index contributed by atoms with van der Waals surface area (Å²) < 4.78 is 29.2. The summed E-state index contributed by atoms with van der Waals surface area (Å²) in [6, 6.07) is 6.55. The molecule has 0 aliphatic rings. The van der Waals surface area contributed by atoms with Crippen LogP contribution in [-0.2, 0) is 0 Å². The van der Waals surface area contributed by atoms with Crippen LogP contribution in [0.4, 0.5) is 8.78 Å². The van der Waals surface area contributed by atoms with E-state index in [1.165, 1.54) is 6.07 Å². The van der Waals surface area contributed by atoms with Gasteiger partial charge in [0.2, 0.25) is 0 Å². The summed E-state index contributed by atoms with van der Waals surface area (Å²) in [6.45, 7) is 1.28. The third-order valence-corrected chi connectivity index (χ3v) is 2.96. The lowest BCUT2D eigenvalue weighted by molar-refractivity contribution is -0.0509. The van der Waals surface area contributed by atoms with Crippen molar-refractivity contribution in [1.29, 1.82) is 0 Å². The number of hydrogen-bond donors (Lipinski definition) is 2. The molecule has 0 aliphatic heterocycles. The van der Waals surface area contributed by atoms with Gasteiger partial charge in [-0.3, -0.25) is 11.3 Å². The molecule has 0 saturated heterocycles. The normalized spacial score (nSPS) is 14.6. The van der Waals surface area contributed by atoms with E-state index in [1.807, 2.05) is 6.92 Å². The Morgan fingerprint density at radius 1 is 1.33 bits per heavy atom. The third-order valence-electron chi connectivity index (χ3n) is 2.96. The van der Waals surface area contributed by atoms with E-state index in [1.54, 1.807) is 18.2 Å². The van der Waals surface area contributed by atoms with Gasteiger partial charge in [-0.2, -0.15) is 8.78 Å². The van der Waals surface area contributed by atoms with Gasteiger partial charge in [0.1, 0.15) is 5.75 Å². The fraction of sp³-hybridized carbons (Fsp3) is 0.538. The minimum Gasteiger partial charge on any atom is -0.434 e. The number of alkyl halides is 2. The van der Waals surface area contributed by atoms with E-state index in [2.05, 4.69) is 17.1 Å². The smallest absolute Gasteiger partial charge is 0.387 e. The molecule has 3 nitrogen and oxygen atoms in total. The molecule has 0 radical (unpaired) electrons. The molecular formula is C13H20F2N2O. The predicted molar refractivity (Wildman–Crippen MR) is 67.2 cm³/mol. The second kappa shape index (κ2) is 7.28. The first-order valence-corrected chi connectivity index (χ1v) is 6.10. The van der Waals surface area contributed by atoms with Crippen molar-refractivity contribution >= 4 is 0 Å². The minimum atomic E-state index is -2.83. The minimum absolute atomic E-state index is 0.179. The number of para-hydroxylation sites is 1.